The van der Waals surface area contributed by atoms with Gasteiger partial charge in [0.25, 0.3) is 6.71 Å². The molecule has 62 heavy (non-hydrogen) atoms. The average Bonchev–Trinajstić information content (AvgIpc) is 3.66. The maximum atomic E-state index is 7.59. The van der Waals surface area contributed by atoms with E-state index in [-0.39, 0.29) is 23.0 Å². The van der Waals surface area contributed by atoms with E-state index in [0.717, 1.165) is 47.0 Å². The van der Waals surface area contributed by atoms with Crippen LogP contribution in [0, 0.1) is 6.92 Å². The minimum absolute atomic E-state index is 0.0463. The molecular weight excluding hydrogens is 770 g/mol. The number of aryl methyl sites for hydroxylation is 1. The second-order valence-electron chi connectivity index (χ2n) is 21.5. The Morgan fingerprint density at radius 1 is 0.613 bits per heavy atom. The summed E-state index contributed by atoms with van der Waals surface area (Å²) in [6.07, 6.45) is 2.18. The van der Waals surface area contributed by atoms with Gasteiger partial charge in [-0.2, -0.15) is 0 Å². The van der Waals surface area contributed by atoms with Gasteiger partial charge in [-0.15, -0.1) is 0 Å². The molecule has 0 saturated carbocycles. The third-order valence-electron chi connectivity index (χ3n) is 13.9. The molecule has 0 N–H and O–H groups in total. The van der Waals surface area contributed by atoms with Gasteiger partial charge in [0.2, 0.25) is 0 Å². The van der Waals surface area contributed by atoms with Crippen LogP contribution in [0.3, 0.4) is 0 Å². The first-order chi connectivity index (χ1) is 29.4. The number of hydrogen-bond donors (Lipinski definition) is 0. The number of para-hydroxylation sites is 2. The van der Waals surface area contributed by atoms with Crippen LogP contribution in [0.4, 0.5) is 51.2 Å². The number of benzene rings is 6. The Morgan fingerprint density at radius 3 is 1.74 bits per heavy atom. The molecule has 0 spiro atoms. The Labute approximate surface area is 371 Å². The van der Waals surface area contributed by atoms with E-state index in [9.17, 15) is 0 Å². The van der Waals surface area contributed by atoms with Gasteiger partial charge >= 0.3 is 0 Å². The SMILES string of the molecule is Cc1cc2c3c(c1)N(c1ccc(C(C)(C)C)cc1)c1c(oc4c1C(C)(C)CCC4(C)C)B3c1ccc(N(c3ccccc3)c3ccccc3)cc1N2c1ccc([Si](C)(C)C)cc1. The van der Waals surface area contributed by atoms with E-state index >= 15 is 0 Å². The lowest BCUT2D eigenvalue weighted by Gasteiger charge is -2.44. The van der Waals surface area contributed by atoms with Gasteiger partial charge in [-0.1, -0.05) is 140 Å². The maximum absolute atomic E-state index is 7.59. The third kappa shape index (κ3) is 6.47. The first-order valence-electron chi connectivity index (χ1n) is 22.6. The molecule has 4 nitrogen and oxygen atoms in total. The predicted molar refractivity (Wildman–Crippen MR) is 269 cm³/mol. The summed E-state index contributed by atoms with van der Waals surface area (Å²) in [5.41, 5.74) is 17.9. The highest BCUT2D eigenvalue weighted by atomic mass is 28.3. The summed E-state index contributed by atoms with van der Waals surface area (Å²) in [5.74, 6) is 1.14. The van der Waals surface area contributed by atoms with Gasteiger partial charge in [-0.05, 0) is 125 Å². The van der Waals surface area contributed by atoms with Gasteiger partial charge in [0.05, 0.1) is 19.4 Å². The molecular formula is C56H60BN3OSi. The first-order valence-corrected chi connectivity index (χ1v) is 26.1. The fourth-order valence-electron chi connectivity index (χ4n) is 10.4. The van der Waals surface area contributed by atoms with Crippen LogP contribution in [0.1, 0.15) is 83.8 Å². The number of fused-ring (bicyclic) bond motifs is 6. The molecule has 3 aliphatic rings. The van der Waals surface area contributed by atoms with Crippen molar-refractivity contribution in [3.05, 3.63) is 162 Å². The van der Waals surface area contributed by atoms with E-state index in [0.29, 0.717) is 0 Å². The van der Waals surface area contributed by atoms with E-state index in [2.05, 4.69) is 229 Å². The lowest BCUT2D eigenvalue weighted by Crippen LogP contribution is -2.61. The summed E-state index contributed by atoms with van der Waals surface area (Å²) in [5, 5.41) is 1.46. The minimum atomic E-state index is -1.55. The molecule has 1 aromatic heterocycles. The zero-order chi connectivity index (χ0) is 43.5. The summed E-state index contributed by atoms with van der Waals surface area (Å²) in [6.45, 7) is 26.0. The van der Waals surface area contributed by atoms with E-state index in [1.807, 2.05) is 0 Å². The van der Waals surface area contributed by atoms with Crippen molar-refractivity contribution in [3.63, 3.8) is 0 Å². The fourth-order valence-corrected chi connectivity index (χ4v) is 11.6. The Balaban J connectivity index is 1.29. The Hall–Kier alpha value is -5.72. The number of hydrogen-bond acceptors (Lipinski definition) is 4. The first kappa shape index (κ1) is 40.4. The normalized spacial score (nSPS) is 16.0. The molecule has 0 unspecified atom stereocenters. The second-order valence-corrected chi connectivity index (χ2v) is 26.5. The van der Waals surface area contributed by atoms with Gasteiger partial charge in [0, 0.05) is 56.5 Å². The predicted octanol–water partition coefficient (Wildman–Crippen LogP) is 13.3. The van der Waals surface area contributed by atoms with Crippen molar-refractivity contribution >= 4 is 87.7 Å². The minimum Gasteiger partial charge on any atom is -0.472 e. The van der Waals surface area contributed by atoms with Crippen molar-refractivity contribution in [2.75, 3.05) is 14.7 Å². The molecule has 10 rings (SSSR count). The van der Waals surface area contributed by atoms with E-state index in [1.165, 1.54) is 61.2 Å². The van der Waals surface area contributed by atoms with Crippen LogP contribution < -0.4 is 36.5 Å². The van der Waals surface area contributed by atoms with E-state index in [4.69, 9.17) is 4.42 Å². The van der Waals surface area contributed by atoms with Crippen LogP contribution in [-0.2, 0) is 16.2 Å². The van der Waals surface area contributed by atoms with Crippen molar-refractivity contribution in [1.82, 2.24) is 0 Å². The van der Waals surface area contributed by atoms with Crippen LogP contribution in [0.25, 0.3) is 0 Å². The molecule has 312 valence electrons. The van der Waals surface area contributed by atoms with E-state index in [1.54, 1.807) is 0 Å². The van der Waals surface area contributed by atoms with Crippen LogP contribution in [0.15, 0.2) is 144 Å². The van der Waals surface area contributed by atoms with Crippen molar-refractivity contribution in [2.45, 2.75) is 104 Å². The van der Waals surface area contributed by atoms with Crippen LogP contribution in [0.5, 0.6) is 0 Å². The molecule has 0 saturated heterocycles. The van der Waals surface area contributed by atoms with E-state index < -0.39 is 8.07 Å². The molecule has 6 heteroatoms. The van der Waals surface area contributed by atoms with Gasteiger partial charge in [-0.25, -0.2) is 0 Å². The zero-order valence-corrected chi connectivity index (χ0v) is 39.5. The third-order valence-corrected chi connectivity index (χ3v) is 16.0. The molecule has 0 radical (unpaired) electrons. The summed E-state index contributed by atoms with van der Waals surface area (Å²) >= 11 is 0. The zero-order valence-electron chi connectivity index (χ0n) is 38.5. The fraction of sp³-hybridized carbons (Fsp3) is 0.286. The second kappa shape index (κ2) is 14.2. The largest absolute Gasteiger partial charge is 0.472 e. The molecule has 1 aliphatic carbocycles. The maximum Gasteiger partial charge on any atom is 0.297 e. The highest BCUT2D eigenvalue weighted by Crippen LogP contribution is 2.55. The molecule has 7 aromatic rings. The molecule has 6 aromatic carbocycles. The summed E-state index contributed by atoms with van der Waals surface area (Å²) in [6, 6.07) is 52.4. The quantitative estimate of drug-likeness (QED) is 0.156. The number of nitrogens with zero attached hydrogens (tertiary/aromatic N) is 3. The molecule has 0 atom stereocenters. The Morgan fingerprint density at radius 2 is 1.16 bits per heavy atom. The topological polar surface area (TPSA) is 22.9 Å². The molecule has 3 heterocycles. The highest BCUT2D eigenvalue weighted by molar-refractivity contribution is 6.99. The van der Waals surface area contributed by atoms with Crippen molar-refractivity contribution in [3.8, 4) is 0 Å². The van der Waals surface area contributed by atoms with Gasteiger partial charge < -0.3 is 19.1 Å². The van der Waals surface area contributed by atoms with Crippen LogP contribution >= 0.6 is 0 Å². The standard InChI is InChI=1S/C56H60BN3OSi/c1-37-34-47-50-48(35-37)60(42-24-22-38(23-25-42)54(2,3)4)51-49-52(56(7,8)33-32-55(49,5)6)61-53(51)57(50)45-31-28-43(58(39-18-14-12-15-19-39)40-20-16-13-17-21-40)36-46(45)59(47)41-26-29-44(30-27-41)62(9,10)11/h12-31,34-36H,32-33H2,1-11H3. The van der Waals surface area contributed by atoms with Crippen LogP contribution in [0.2, 0.25) is 19.6 Å². The van der Waals surface area contributed by atoms with Gasteiger partial charge in [-0.3, -0.25) is 0 Å². The number of furan rings is 1. The van der Waals surface area contributed by atoms with Crippen molar-refractivity contribution in [1.29, 1.82) is 0 Å². The van der Waals surface area contributed by atoms with Crippen molar-refractivity contribution < 1.29 is 4.42 Å². The molecule has 0 fully saturated rings. The lowest BCUT2D eigenvalue weighted by molar-refractivity contribution is 0.282. The Kier molecular flexibility index (Phi) is 9.21. The van der Waals surface area contributed by atoms with Crippen molar-refractivity contribution in [2.24, 2.45) is 0 Å². The smallest absolute Gasteiger partial charge is 0.297 e. The molecule has 2 aliphatic heterocycles. The lowest BCUT2D eigenvalue weighted by atomic mass is 9.35. The number of anilines is 9. The van der Waals surface area contributed by atoms with Crippen LogP contribution in [-0.4, -0.2) is 14.8 Å². The summed E-state index contributed by atoms with van der Waals surface area (Å²) in [4.78, 5) is 7.51. The number of rotatable bonds is 6. The highest BCUT2D eigenvalue weighted by Gasteiger charge is 2.52. The molecule has 0 amide bonds. The molecule has 0 bridgehead atoms. The monoisotopic (exact) mass is 829 g/mol. The Bertz CT molecular complexity index is 2790. The average molecular weight is 830 g/mol. The van der Waals surface area contributed by atoms with Gasteiger partial charge in [0.1, 0.15) is 5.76 Å². The van der Waals surface area contributed by atoms with Gasteiger partial charge in [0.15, 0.2) is 0 Å². The summed E-state index contributed by atoms with van der Waals surface area (Å²) < 4.78 is 7.59. The summed E-state index contributed by atoms with van der Waals surface area (Å²) in [7, 11) is -1.55.